The molecule has 2 aliphatic carbocycles. The van der Waals surface area contributed by atoms with Gasteiger partial charge in [0.2, 0.25) is 0 Å². The first kappa shape index (κ1) is 79.8. The van der Waals surface area contributed by atoms with Gasteiger partial charge >= 0.3 is 0 Å². The summed E-state index contributed by atoms with van der Waals surface area (Å²) in [5, 5.41) is 75.1. The van der Waals surface area contributed by atoms with Crippen molar-refractivity contribution in [2.24, 2.45) is 0 Å². The van der Waals surface area contributed by atoms with Gasteiger partial charge in [-0.2, -0.15) is 0 Å². The highest BCUT2D eigenvalue weighted by Crippen LogP contribution is 2.47. The fourth-order valence-corrected chi connectivity index (χ4v) is 14.6. The van der Waals surface area contributed by atoms with Gasteiger partial charge in [-0.15, -0.1) is 0 Å². The molecule has 16 bridgehead atoms. The molecule has 0 radical (unpaired) electrons. The molecule has 8 aromatic carbocycles. The molecule has 8 aromatic rings. The normalized spacial score (nSPS) is 13.8. The molecule has 0 spiro atoms. The molecule has 562 valence electrons. The Morgan fingerprint density at radius 3 is 0.500 bits per heavy atom. The number of hydrogen-bond acceptors (Lipinski definition) is 8. The van der Waals surface area contributed by atoms with Crippen molar-refractivity contribution in [2.75, 3.05) is 13.2 Å². The largest absolute Gasteiger partial charge is 0.507 e. The van der Waals surface area contributed by atoms with Crippen molar-refractivity contribution in [3.05, 3.63) is 231 Å². The van der Waals surface area contributed by atoms with Gasteiger partial charge in [0.1, 0.15) is 46.0 Å². The standard InChI is InChI=1S/C98H122O8/c1-91(2,3)75-43-59-35-63-47-77(93(7,8)9)51-67(85(63)101)39-71-55-81(97(19,20)21)56-72(40-68-52-78(94(10,11)12)48-64(86(68)102)36-60(44-75)83(59)99)89(71)105-33-31-29-27-25-26-28-30-32-34-106-90-73-41-69-53-79(95(13,14)15)49-65(87(69)103)37-61-45-76(92(4,5)6)46-62(84(61)100)38-66-50-80(96(16,17)18)54-70(88(66)104)42-74(90)58-82(57-73)98(22,23)24/h43-58,99-104H,29-42H2,1-24H3. The van der Waals surface area contributed by atoms with Gasteiger partial charge in [-0.1, -0.05) is 275 Å². The van der Waals surface area contributed by atoms with E-state index in [2.05, 4.69) is 287 Å². The van der Waals surface area contributed by atoms with E-state index in [1.165, 1.54) is 0 Å². The highest BCUT2D eigenvalue weighted by atomic mass is 16.5. The van der Waals surface area contributed by atoms with Crippen LogP contribution in [0.4, 0.5) is 0 Å². The van der Waals surface area contributed by atoms with Crippen LogP contribution in [0.5, 0.6) is 46.0 Å². The maximum Gasteiger partial charge on any atom is 0.126 e. The van der Waals surface area contributed by atoms with Crippen LogP contribution in [0.15, 0.2) is 97.1 Å². The van der Waals surface area contributed by atoms with Crippen LogP contribution >= 0.6 is 0 Å². The summed E-state index contributed by atoms with van der Waals surface area (Å²) < 4.78 is 14.1. The summed E-state index contributed by atoms with van der Waals surface area (Å²) >= 11 is 0. The van der Waals surface area contributed by atoms with Gasteiger partial charge in [-0.05, 0) is 202 Å². The Kier molecular flexibility index (Phi) is 22.4. The molecule has 0 saturated heterocycles. The Hall–Kier alpha value is -8.72. The Morgan fingerprint density at radius 1 is 0.226 bits per heavy atom. The molecule has 0 aromatic heterocycles. The molecule has 0 amide bonds. The van der Waals surface area contributed by atoms with Crippen LogP contribution in [0.3, 0.4) is 0 Å². The number of aromatic hydroxyl groups is 6. The van der Waals surface area contributed by atoms with E-state index in [9.17, 15) is 30.6 Å². The molecule has 6 N–H and O–H groups in total. The van der Waals surface area contributed by atoms with E-state index in [1.807, 2.05) is 0 Å². The summed E-state index contributed by atoms with van der Waals surface area (Å²) in [5.41, 5.74) is 19.6. The summed E-state index contributed by atoms with van der Waals surface area (Å²) in [4.78, 5) is 0. The molecule has 8 heteroatoms. The second-order valence-electron chi connectivity index (χ2n) is 39.0. The first-order valence-corrected chi connectivity index (χ1v) is 38.7. The number of hydrogen-bond donors (Lipinski definition) is 6. The minimum Gasteiger partial charge on any atom is -0.507 e. The number of ether oxygens (including phenoxy) is 2. The average Bonchev–Trinajstić information content (AvgIpc) is 0.777. The summed E-state index contributed by atoms with van der Waals surface area (Å²) in [7, 11) is 0. The lowest BCUT2D eigenvalue weighted by molar-refractivity contribution is 0.307. The molecule has 8 nitrogen and oxygen atoms in total. The van der Waals surface area contributed by atoms with E-state index >= 15 is 0 Å². The molecular formula is C98H122O8. The zero-order chi connectivity index (χ0) is 77.9. The van der Waals surface area contributed by atoms with E-state index in [4.69, 9.17) is 9.47 Å². The lowest BCUT2D eigenvalue weighted by Gasteiger charge is -2.27. The van der Waals surface area contributed by atoms with E-state index in [1.54, 1.807) is 0 Å². The molecule has 106 heavy (non-hydrogen) atoms. The van der Waals surface area contributed by atoms with Crippen molar-refractivity contribution in [3.63, 3.8) is 0 Å². The van der Waals surface area contributed by atoms with Gasteiger partial charge in [0.25, 0.3) is 0 Å². The van der Waals surface area contributed by atoms with Crippen molar-refractivity contribution in [1.82, 2.24) is 0 Å². The predicted molar refractivity (Wildman–Crippen MR) is 439 cm³/mol. The minimum absolute atomic E-state index is 0.182. The molecular weight excluding hydrogens is 1310 g/mol. The molecule has 0 atom stereocenters. The van der Waals surface area contributed by atoms with Gasteiger partial charge in [0.05, 0.1) is 13.2 Å². The van der Waals surface area contributed by atoms with Crippen molar-refractivity contribution >= 4 is 0 Å². The first-order valence-electron chi connectivity index (χ1n) is 38.7. The smallest absolute Gasteiger partial charge is 0.126 e. The number of phenols is 6. The van der Waals surface area contributed by atoms with Crippen LogP contribution in [-0.2, 0) is 94.7 Å². The minimum atomic E-state index is -0.252. The zero-order valence-electron chi connectivity index (χ0n) is 68.6. The second-order valence-corrected chi connectivity index (χ2v) is 39.0. The van der Waals surface area contributed by atoms with Crippen LogP contribution in [0, 0.1) is 23.7 Å². The third-order valence-electron chi connectivity index (χ3n) is 21.7. The molecule has 0 fully saturated rings. The zero-order valence-corrected chi connectivity index (χ0v) is 68.6. The number of benzene rings is 8. The van der Waals surface area contributed by atoms with Gasteiger partial charge < -0.3 is 40.1 Å². The second kappa shape index (κ2) is 29.8. The van der Waals surface area contributed by atoms with Crippen LogP contribution < -0.4 is 9.47 Å². The molecule has 0 saturated carbocycles. The third kappa shape index (κ3) is 18.4. The fourth-order valence-electron chi connectivity index (χ4n) is 14.6. The Bertz CT molecular complexity index is 4250. The molecule has 2 aliphatic rings. The lowest BCUT2D eigenvalue weighted by atomic mass is 9.79. The molecule has 0 heterocycles. The number of phenolic OH excluding ortho intramolecular Hbond substituents is 6. The van der Waals surface area contributed by atoms with Crippen molar-refractivity contribution < 1.29 is 40.1 Å². The van der Waals surface area contributed by atoms with E-state index in [0.717, 1.165) is 145 Å². The summed E-state index contributed by atoms with van der Waals surface area (Å²) in [5.74, 6) is 15.6. The summed E-state index contributed by atoms with van der Waals surface area (Å²) in [6.45, 7) is 53.5. The van der Waals surface area contributed by atoms with Gasteiger partial charge in [0.15, 0.2) is 0 Å². The third-order valence-corrected chi connectivity index (χ3v) is 21.7. The number of fused-ring (bicyclic) bond motifs is 16. The summed E-state index contributed by atoms with van der Waals surface area (Å²) in [6.07, 6.45) is 5.16. The van der Waals surface area contributed by atoms with Gasteiger partial charge in [-0.25, -0.2) is 0 Å². The van der Waals surface area contributed by atoms with Crippen molar-refractivity contribution in [3.8, 4) is 69.7 Å². The first-order chi connectivity index (χ1) is 49.0. The maximum atomic E-state index is 12.6. The van der Waals surface area contributed by atoms with Crippen LogP contribution in [-0.4, -0.2) is 43.9 Å². The quantitative estimate of drug-likeness (QED) is 0.0653. The van der Waals surface area contributed by atoms with Crippen molar-refractivity contribution in [1.29, 1.82) is 0 Å². The SMILES string of the molecule is CC(C)(C)c1cc2c(O)c(c1)Cc1cc(C(C)(C)C)cc(c1O)Cc1cc(C(C)(C)C)cc(c1OCCCC#CC#CCCCOc1c3cc(C(C)(C)C)cc1Cc1cc(C(C)(C)C)cc(c1O)Cc1cc(C(C)(C)C)cc(c1O)Cc1cc(C(C)(C)C)cc(c1O)C3)Cc1cc(C(C)(C)C)cc(c1O)C2. The lowest BCUT2D eigenvalue weighted by Crippen LogP contribution is -2.16. The molecule has 0 unspecified atom stereocenters. The van der Waals surface area contributed by atoms with E-state index in [-0.39, 0.29) is 77.8 Å². The predicted octanol–water partition coefficient (Wildman–Crippen LogP) is 22.7. The Morgan fingerprint density at radius 2 is 0.358 bits per heavy atom. The monoisotopic (exact) mass is 1430 g/mol. The van der Waals surface area contributed by atoms with E-state index < -0.39 is 0 Å². The maximum absolute atomic E-state index is 12.6. The van der Waals surface area contributed by atoms with Gasteiger partial charge in [-0.3, -0.25) is 0 Å². The van der Waals surface area contributed by atoms with Crippen LogP contribution in [0.25, 0.3) is 0 Å². The van der Waals surface area contributed by atoms with E-state index in [0.29, 0.717) is 90.3 Å². The van der Waals surface area contributed by atoms with Crippen LogP contribution in [0.1, 0.15) is 325 Å². The topological polar surface area (TPSA) is 140 Å². The Balaban J connectivity index is 0.946. The fraction of sp³-hybridized carbons (Fsp3) is 0.469. The Labute approximate surface area is 636 Å². The average molecular weight is 1430 g/mol. The highest BCUT2D eigenvalue weighted by molar-refractivity contribution is 5.62. The highest BCUT2D eigenvalue weighted by Gasteiger charge is 2.32. The molecule has 0 aliphatic heterocycles. The summed E-state index contributed by atoms with van der Waals surface area (Å²) in [6, 6.07) is 34.3. The number of rotatable bonds is 8. The van der Waals surface area contributed by atoms with Crippen LogP contribution in [0.2, 0.25) is 0 Å². The van der Waals surface area contributed by atoms with Crippen molar-refractivity contribution in [2.45, 2.75) is 287 Å². The number of unbranched alkanes of at least 4 members (excludes halogenated alkanes) is 2. The van der Waals surface area contributed by atoms with Gasteiger partial charge in [0, 0.05) is 64.2 Å². The molecule has 10 rings (SSSR count).